The number of benzene rings is 1. The second kappa shape index (κ2) is 8.30. The monoisotopic (exact) mass is 435 g/mol. The van der Waals surface area contributed by atoms with E-state index in [-0.39, 0.29) is 12.3 Å². The van der Waals surface area contributed by atoms with Crippen LogP contribution in [-0.4, -0.2) is 41.0 Å². The molecule has 1 atom stereocenters. The van der Waals surface area contributed by atoms with Gasteiger partial charge < -0.3 is 14.0 Å². The first-order valence-corrected chi connectivity index (χ1v) is 9.77. The molecular weight excluding hydrogens is 414 g/mol. The van der Waals surface area contributed by atoms with Gasteiger partial charge >= 0.3 is 6.18 Å². The van der Waals surface area contributed by atoms with Crippen LogP contribution in [0.2, 0.25) is 0 Å². The zero-order chi connectivity index (χ0) is 22.2. The van der Waals surface area contributed by atoms with E-state index in [1.165, 1.54) is 19.2 Å². The van der Waals surface area contributed by atoms with E-state index in [0.717, 1.165) is 23.0 Å². The number of methoxy groups -OCH3 is 1. The zero-order valence-electron chi connectivity index (χ0n) is 17.0. The van der Waals surface area contributed by atoms with Gasteiger partial charge in [-0.25, -0.2) is 9.37 Å². The van der Waals surface area contributed by atoms with Crippen LogP contribution in [0, 0.1) is 6.92 Å². The van der Waals surface area contributed by atoms with Gasteiger partial charge in [-0.05, 0) is 31.2 Å². The Morgan fingerprint density at radius 1 is 1.19 bits per heavy atom. The van der Waals surface area contributed by atoms with Crippen molar-refractivity contribution in [1.82, 2.24) is 14.5 Å². The zero-order valence-corrected chi connectivity index (χ0v) is 17.0. The van der Waals surface area contributed by atoms with Crippen LogP contribution in [-0.2, 0) is 23.9 Å². The summed E-state index contributed by atoms with van der Waals surface area (Å²) in [6.45, 7) is 1.73. The first-order chi connectivity index (χ1) is 14.8. The molecule has 0 saturated carbocycles. The van der Waals surface area contributed by atoms with E-state index < -0.39 is 24.5 Å². The third-order valence-electron chi connectivity index (χ3n) is 5.26. The minimum atomic E-state index is -4.54. The molecule has 0 fully saturated rings. The highest BCUT2D eigenvalue weighted by Crippen LogP contribution is 2.39. The Kier molecular flexibility index (Phi) is 5.70. The van der Waals surface area contributed by atoms with Gasteiger partial charge in [-0.15, -0.1) is 0 Å². The third-order valence-corrected chi connectivity index (χ3v) is 5.26. The molecule has 0 radical (unpaired) electrons. The fourth-order valence-corrected chi connectivity index (χ4v) is 3.82. The summed E-state index contributed by atoms with van der Waals surface area (Å²) in [5.74, 6) is 0.144. The molecule has 0 spiro atoms. The standard InChI is InChI=1S/C22H21F4N3O2/c1-13-9-14(5-7-27-13)20-18-6-8-31-16(11-23)12-29(18)21(28-20)15-3-4-17(22(24,25)26)19(10-15)30-2/h3-5,7,9-10,16H,6,8,11-12H2,1-2H3. The van der Waals surface area contributed by atoms with E-state index in [4.69, 9.17) is 14.5 Å². The molecule has 3 aromatic rings. The Morgan fingerprint density at radius 3 is 2.68 bits per heavy atom. The number of rotatable bonds is 4. The normalized spacial score (nSPS) is 16.6. The van der Waals surface area contributed by atoms with Gasteiger partial charge in [0.25, 0.3) is 0 Å². The lowest BCUT2D eigenvalue weighted by Gasteiger charge is -2.16. The number of aryl methyl sites for hydroxylation is 1. The summed E-state index contributed by atoms with van der Waals surface area (Å²) in [7, 11) is 1.19. The van der Waals surface area contributed by atoms with Crippen molar-refractivity contribution in [2.75, 3.05) is 20.4 Å². The Balaban J connectivity index is 1.90. The van der Waals surface area contributed by atoms with Gasteiger partial charge in [-0.2, -0.15) is 13.2 Å². The molecule has 0 N–H and O–H groups in total. The minimum absolute atomic E-state index is 0.210. The molecule has 0 bridgehead atoms. The topological polar surface area (TPSA) is 49.2 Å². The summed E-state index contributed by atoms with van der Waals surface area (Å²) in [4.78, 5) is 8.98. The van der Waals surface area contributed by atoms with E-state index in [2.05, 4.69) is 4.98 Å². The Hall–Kier alpha value is -2.94. The molecule has 5 nitrogen and oxygen atoms in total. The van der Waals surface area contributed by atoms with Gasteiger partial charge in [0, 0.05) is 35.1 Å². The summed E-state index contributed by atoms with van der Waals surface area (Å²) >= 11 is 0. The van der Waals surface area contributed by atoms with E-state index in [1.54, 1.807) is 6.20 Å². The first-order valence-electron chi connectivity index (χ1n) is 9.77. The lowest BCUT2D eigenvalue weighted by molar-refractivity contribution is -0.138. The maximum atomic E-state index is 13.5. The van der Waals surface area contributed by atoms with Crippen LogP contribution < -0.4 is 4.74 Å². The van der Waals surface area contributed by atoms with Gasteiger partial charge in [0.05, 0.1) is 31.5 Å². The Morgan fingerprint density at radius 2 is 2.00 bits per heavy atom. The number of hydrogen-bond donors (Lipinski definition) is 0. The molecule has 1 aromatic carbocycles. The van der Waals surface area contributed by atoms with Crippen molar-refractivity contribution >= 4 is 0 Å². The lowest BCUT2D eigenvalue weighted by atomic mass is 10.1. The highest BCUT2D eigenvalue weighted by molar-refractivity contribution is 5.70. The quantitative estimate of drug-likeness (QED) is 0.550. The van der Waals surface area contributed by atoms with Crippen molar-refractivity contribution < 1.29 is 27.0 Å². The Labute approximate surface area is 176 Å². The molecule has 3 heterocycles. The summed E-state index contributed by atoms with van der Waals surface area (Å²) in [6, 6.07) is 7.37. The van der Waals surface area contributed by atoms with Crippen molar-refractivity contribution in [2.24, 2.45) is 0 Å². The summed E-state index contributed by atoms with van der Waals surface area (Å²) in [5, 5.41) is 0. The predicted octanol–water partition coefficient (Wildman–Crippen LogP) is 4.86. The van der Waals surface area contributed by atoms with Crippen LogP contribution in [0.3, 0.4) is 0 Å². The number of aromatic nitrogens is 3. The molecule has 1 aliphatic heterocycles. The van der Waals surface area contributed by atoms with Gasteiger partial charge in [-0.1, -0.05) is 6.07 Å². The lowest BCUT2D eigenvalue weighted by Crippen LogP contribution is -2.21. The minimum Gasteiger partial charge on any atom is -0.496 e. The molecule has 164 valence electrons. The smallest absolute Gasteiger partial charge is 0.419 e. The van der Waals surface area contributed by atoms with Gasteiger partial charge in [0.1, 0.15) is 24.4 Å². The second-order valence-electron chi connectivity index (χ2n) is 7.34. The molecule has 0 saturated heterocycles. The van der Waals surface area contributed by atoms with Crippen molar-refractivity contribution in [3.63, 3.8) is 0 Å². The van der Waals surface area contributed by atoms with Gasteiger partial charge in [0.15, 0.2) is 0 Å². The van der Waals surface area contributed by atoms with E-state index in [9.17, 15) is 17.6 Å². The molecule has 1 aliphatic rings. The number of hydrogen-bond acceptors (Lipinski definition) is 4. The molecule has 0 amide bonds. The SMILES string of the molecule is COc1cc(-c2nc(-c3ccnc(C)c3)c3n2CC(CF)OCC3)ccc1C(F)(F)F. The van der Waals surface area contributed by atoms with Crippen molar-refractivity contribution in [2.45, 2.75) is 32.2 Å². The summed E-state index contributed by atoms with van der Waals surface area (Å²) < 4.78 is 65.8. The van der Waals surface area contributed by atoms with Crippen molar-refractivity contribution in [3.05, 3.63) is 53.5 Å². The molecule has 31 heavy (non-hydrogen) atoms. The highest BCUT2D eigenvalue weighted by atomic mass is 19.4. The number of alkyl halides is 4. The van der Waals surface area contributed by atoms with Gasteiger partial charge in [0.2, 0.25) is 0 Å². The molecule has 0 aliphatic carbocycles. The molecular formula is C22H21F4N3O2. The maximum Gasteiger partial charge on any atom is 0.419 e. The number of halogens is 4. The average Bonchev–Trinajstić information content (AvgIpc) is 2.95. The van der Waals surface area contributed by atoms with Crippen molar-refractivity contribution in [3.8, 4) is 28.4 Å². The van der Waals surface area contributed by atoms with E-state index in [1.807, 2.05) is 23.6 Å². The van der Waals surface area contributed by atoms with Crippen LogP contribution in [0.15, 0.2) is 36.5 Å². The maximum absolute atomic E-state index is 13.5. The largest absolute Gasteiger partial charge is 0.496 e. The van der Waals surface area contributed by atoms with Crippen LogP contribution in [0.25, 0.3) is 22.6 Å². The highest BCUT2D eigenvalue weighted by Gasteiger charge is 2.35. The van der Waals surface area contributed by atoms with Crippen LogP contribution in [0.4, 0.5) is 17.6 Å². The molecule has 1 unspecified atom stereocenters. The average molecular weight is 435 g/mol. The number of ether oxygens (including phenoxy) is 2. The van der Waals surface area contributed by atoms with Crippen LogP contribution >= 0.6 is 0 Å². The van der Waals surface area contributed by atoms with Crippen LogP contribution in [0.1, 0.15) is 17.0 Å². The third kappa shape index (κ3) is 4.14. The number of imidazole rings is 1. The predicted molar refractivity (Wildman–Crippen MR) is 107 cm³/mol. The molecule has 4 rings (SSSR count). The van der Waals surface area contributed by atoms with Gasteiger partial charge in [-0.3, -0.25) is 4.98 Å². The molecule has 9 heteroatoms. The van der Waals surface area contributed by atoms with Crippen molar-refractivity contribution in [1.29, 1.82) is 0 Å². The van der Waals surface area contributed by atoms with E-state index >= 15 is 0 Å². The first kappa shape index (κ1) is 21.3. The van der Waals surface area contributed by atoms with Crippen LogP contribution in [0.5, 0.6) is 5.75 Å². The number of nitrogens with zero attached hydrogens (tertiary/aromatic N) is 3. The van der Waals surface area contributed by atoms with E-state index in [0.29, 0.717) is 30.1 Å². The number of pyridine rings is 1. The fourth-order valence-electron chi connectivity index (χ4n) is 3.82. The fraction of sp³-hybridized carbons (Fsp3) is 0.364. The second-order valence-corrected chi connectivity index (χ2v) is 7.34. The summed E-state index contributed by atoms with van der Waals surface area (Å²) in [6.07, 6.45) is -3.02. The summed E-state index contributed by atoms with van der Waals surface area (Å²) in [5.41, 5.74) is 2.75. The molecule has 2 aromatic heterocycles. The Bertz CT molecular complexity index is 1090. The number of fused-ring (bicyclic) bond motifs is 1.